The summed E-state index contributed by atoms with van der Waals surface area (Å²) < 4.78 is 0. The van der Waals surface area contributed by atoms with Gasteiger partial charge in [-0.1, -0.05) is 54.6 Å². The minimum atomic E-state index is 0.368. The first-order valence-electron chi connectivity index (χ1n) is 6.03. The van der Waals surface area contributed by atoms with Crippen LogP contribution in [0.1, 0.15) is 5.56 Å². The predicted molar refractivity (Wildman–Crippen MR) is 75.8 cm³/mol. The van der Waals surface area contributed by atoms with Gasteiger partial charge in [0.15, 0.2) is 0 Å². The molecule has 1 heteroatoms. The second-order valence-electron chi connectivity index (χ2n) is 4.53. The number of hydrogen-bond donors (Lipinski definition) is 1. The SMILES string of the molecule is Cc1cccc(-c2ccc3ccccc3c2)c1O. The van der Waals surface area contributed by atoms with Gasteiger partial charge in [0.1, 0.15) is 5.75 Å². The van der Waals surface area contributed by atoms with Crippen LogP contribution in [-0.2, 0) is 0 Å². The zero-order valence-corrected chi connectivity index (χ0v) is 10.2. The normalized spacial score (nSPS) is 10.7. The smallest absolute Gasteiger partial charge is 0.126 e. The Bertz CT molecular complexity index is 714. The van der Waals surface area contributed by atoms with Crippen LogP contribution in [0.4, 0.5) is 0 Å². The third kappa shape index (κ3) is 1.74. The van der Waals surface area contributed by atoms with Crippen molar-refractivity contribution in [2.45, 2.75) is 6.92 Å². The average molecular weight is 234 g/mol. The van der Waals surface area contributed by atoms with Gasteiger partial charge in [0.05, 0.1) is 0 Å². The van der Waals surface area contributed by atoms with Crippen LogP contribution >= 0.6 is 0 Å². The van der Waals surface area contributed by atoms with E-state index in [0.717, 1.165) is 16.7 Å². The van der Waals surface area contributed by atoms with Crippen molar-refractivity contribution in [1.29, 1.82) is 0 Å². The summed E-state index contributed by atoms with van der Waals surface area (Å²) in [6, 6.07) is 20.3. The Morgan fingerprint density at radius 1 is 0.778 bits per heavy atom. The van der Waals surface area contributed by atoms with E-state index in [-0.39, 0.29) is 0 Å². The molecule has 0 aliphatic carbocycles. The third-order valence-corrected chi connectivity index (χ3v) is 3.30. The van der Waals surface area contributed by atoms with Crippen molar-refractivity contribution in [2.24, 2.45) is 0 Å². The summed E-state index contributed by atoms with van der Waals surface area (Å²) in [5.41, 5.74) is 2.84. The molecule has 0 radical (unpaired) electrons. The molecule has 0 bridgehead atoms. The Morgan fingerprint density at radius 2 is 1.56 bits per heavy atom. The van der Waals surface area contributed by atoms with Crippen LogP contribution in [0, 0.1) is 6.92 Å². The zero-order chi connectivity index (χ0) is 12.5. The highest BCUT2D eigenvalue weighted by atomic mass is 16.3. The number of phenolic OH excluding ortho intramolecular Hbond substituents is 1. The number of aryl methyl sites for hydroxylation is 1. The molecular weight excluding hydrogens is 220 g/mol. The quantitative estimate of drug-likeness (QED) is 0.656. The second-order valence-corrected chi connectivity index (χ2v) is 4.53. The van der Waals surface area contributed by atoms with E-state index in [2.05, 4.69) is 30.3 Å². The second kappa shape index (κ2) is 4.19. The van der Waals surface area contributed by atoms with Gasteiger partial charge in [0.25, 0.3) is 0 Å². The van der Waals surface area contributed by atoms with Crippen LogP contribution in [0.15, 0.2) is 60.7 Å². The molecule has 0 aromatic heterocycles. The van der Waals surface area contributed by atoms with E-state index < -0.39 is 0 Å². The highest BCUT2D eigenvalue weighted by Gasteiger charge is 2.06. The van der Waals surface area contributed by atoms with Crippen LogP contribution < -0.4 is 0 Å². The molecule has 0 unspecified atom stereocenters. The zero-order valence-electron chi connectivity index (χ0n) is 10.2. The van der Waals surface area contributed by atoms with Crippen LogP contribution in [-0.4, -0.2) is 5.11 Å². The van der Waals surface area contributed by atoms with Gasteiger partial charge >= 0.3 is 0 Å². The maximum atomic E-state index is 10.1. The monoisotopic (exact) mass is 234 g/mol. The summed E-state index contributed by atoms with van der Waals surface area (Å²) in [6.45, 7) is 1.92. The molecule has 0 saturated heterocycles. The van der Waals surface area contributed by atoms with Gasteiger partial charge in [-0.15, -0.1) is 0 Å². The third-order valence-electron chi connectivity index (χ3n) is 3.30. The van der Waals surface area contributed by atoms with Crippen molar-refractivity contribution in [3.8, 4) is 16.9 Å². The number of benzene rings is 3. The molecule has 0 heterocycles. The fraction of sp³-hybridized carbons (Fsp3) is 0.0588. The molecule has 0 amide bonds. The van der Waals surface area contributed by atoms with Crippen LogP contribution in [0.2, 0.25) is 0 Å². The van der Waals surface area contributed by atoms with Gasteiger partial charge in [-0.2, -0.15) is 0 Å². The number of aromatic hydroxyl groups is 1. The number of phenols is 1. The Kier molecular flexibility index (Phi) is 2.52. The molecular formula is C17H14O. The summed E-state index contributed by atoms with van der Waals surface area (Å²) in [5.74, 6) is 0.368. The van der Waals surface area contributed by atoms with Gasteiger partial charge in [-0.05, 0) is 34.9 Å². The topological polar surface area (TPSA) is 20.2 Å². The lowest BCUT2D eigenvalue weighted by Crippen LogP contribution is -1.82. The minimum Gasteiger partial charge on any atom is -0.507 e. The van der Waals surface area contributed by atoms with Crippen LogP contribution in [0.3, 0.4) is 0 Å². The van der Waals surface area contributed by atoms with Crippen molar-refractivity contribution in [2.75, 3.05) is 0 Å². The van der Waals surface area contributed by atoms with E-state index in [4.69, 9.17) is 0 Å². The molecule has 3 rings (SSSR count). The lowest BCUT2D eigenvalue weighted by atomic mass is 9.99. The molecule has 0 aliphatic heterocycles. The molecule has 18 heavy (non-hydrogen) atoms. The number of rotatable bonds is 1. The highest BCUT2D eigenvalue weighted by Crippen LogP contribution is 2.33. The first-order chi connectivity index (χ1) is 8.75. The fourth-order valence-electron chi connectivity index (χ4n) is 2.25. The Morgan fingerprint density at radius 3 is 2.39 bits per heavy atom. The molecule has 1 N–H and O–H groups in total. The molecule has 0 fully saturated rings. The summed E-state index contributed by atoms with van der Waals surface area (Å²) in [6.07, 6.45) is 0. The Hall–Kier alpha value is -2.28. The Balaban J connectivity index is 2.22. The molecule has 3 aromatic carbocycles. The lowest BCUT2D eigenvalue weighted by molar-refractivity contribution is 0.473. The lowest BCUT2D eigenvalue weighted by Gasteiger charge is -2.08. The van der Waals surface area contributed by atoms with E-state index >= 15 is 0 Å². The van der Waals surface area contributed by atoms with E-state index in [1.807, 2.05) is 37.3 Å². The predicted octanol–water partition coefficient (Wildman–Crippen LogP) is 4.52. The average Bonchev–Trinajstić information content (AvgIpc) is 2.41. The summed E-state index contributed by atoms with van der Waals surface area (Å²) in [5, 5.41) is 12.5. The highest BCUT2D eigenvalue weighted by molar-refractivity contribution is 5.88. The Labute approximate surface area is 106 Å². The van der Waals surface area contributed by atoms with Gasteiger partial charge in [-0.25, -0.2) is 0 Å². The molecule has 0 saturated carbocycles. The molecule has 88 valence electrons. The molecule has 0 spiro atoms. The van der Waals surface area contributed by atoms with E-state index in [0.29, 0.717) is 5.75 Å². The van der Waals surface area contributed by atoms with E-state index in [1.54, 1.807) is 0 Å². The van der Waals surface area contributed by atoms with Crippen molar-refractivity contribution in [3.63, 3.8) is 0 Å². The molecule has 0 aliphatic rings. The van der Waals surface area contributed by atoms with Crippen LogP contribution in [0.5, 0.6) is 5.75 Å². The summed E-state index contributed by atoms with van der Waals surface area (Å²) >= 11 is 0. The first-order valence-corrected chi connectivity index (χ1v) is 6.03. The number of fused-ring (bicyclic) bond motifs is 1. The van der Waals surface area contributed by atoms with Crippen molar-refractivity contribution < 1.29 is 5.11 Å². The minimum absolute atomic E-state index is 0.368. The molecule has 0 atom stereocenters. The molecule has 3 aromatic rings. The number of para-hydroxylation sites is 1. The van der Waals surface area contributed by atoms with Gasteiger partial charge in [0, 0.05) is 5.56 Å². The summed E-state index contributed by atoms with van der Waals surface area (Å²) in [7, 11) is 0. The maximum absolute atomic E-state index is 10.1. The van der Waals surface area contributed by atoms with Gasteiger partial charge < -0.3 is 5.11 Å². The maximum Gasteiger partial charge on any atom is 0.126 e. The fourth-order valence-corrected chi connectivity index (χ4v) is 2.25. The largest absolute Gasteiger partial charge is 0.507 e. The first kappa shape index (κ1) is 10.8. The standard InChI is InChI=1S/C17H14O/c1-12-5-4-8-16(17(12)18)15-10-9-13-6-2-3-7-14(13)11-15/h2-11,18H,1H3. The van der Waals surface area contributed by atoms with E-state index in [9.17, 15) is 5.11 Å². The van der Waals surface area contributed by atoms with Crippen molar-refractivity contribution >= 4 is 10.8 Å². The van der Waals surface area contributed by atoms with Crippen LogP contribution in [0.25, 0.3) is 21.9 Å². The van der Waals surface area contributed by atoms with Gasteiger partial charge in [-0.3, -0.25) is 0 Å². The van der Waals surface area contributed by atoms with Gasteiger partial charge in [0.2, 0.25) is 0 Å². The van der Waals surface area contributed by atoms with E-state index in [1.165, 1.54) is 10.8 Å². The molecule has 1 nitrogen and oxygen atoms in total. The van der Waals surface area contributed by atoms with Crippen molar-refractivity contribution in [1.82, 2.24) is 0 Å². The summed E-state index contributed by atoms with van der Waals surface area (Å²) in [4.78, 5) is 0. The number of hydrogen-bond acceptors (Lipinski definition) is 1. The van der Waals surface area contributed by atoms with Crippen molar-refractivity contribution in [3.05, 3.63) is 66.2 Å².